The van der Waals surface area contributed by atoms with Gasteiger partial charge in [-0.25, -0.2) is 0 Å². The van der Waals surface area contributed by atoms with Crippen LogP contribution in [0.2, 0.25) is 5.02 Å². The van der Waals surface area contributed by atoms with Crippen molar-refractivity contribution in [1.29, 1.82) is 0 Å². The third kappa shape index (κ3) is 4.57. The summed E-state index contributed by atoms with van der Waals surface area (Å²) in [6.45, 7) is 4.65. The maximum absolute atomic E-state index is 6.14. The molecule has 0 radical (unpaired) electrons. The largest absolute Gasteiger partial charge is 0.329 e. The summed E-state index contributed by atoms with van der Waals surface area (Å²) in [7, 11) is 0. The van der Waals surface area contributed by atoms with Gasteiger partial charge in [-0.3, -0.25) is 4.90 Å². The molecule has 0 spiro atoms. The first-order valence-corrected chi connectivity index (χ1v) is 7.86. The highest BCUT2D eigenvalue weighted by molar-refractivity contribution is 6.30. The lowest BCUT2D eigenvalue weighted by Gasteiger charge is -2.31. The number of nitrogens with zero attached hydrogens (tertiary/aromatic N) is 1. The van der Waals surface area contributed by atoms with Crippen LogP contribution < -0.4 is 5.73 Å². The molecule has 2 aromatic rings. The standard InChI is InChI=1S/C18H23ClN2/c1-2-18(16-9-6-10-17(19)13-16)21(12-11-20)14-15-7-4-3-5-8-15/h3-10,13,18H,2,11-12,14,20H2,1H3. The molecule has 21 heavy (non-hydrogen) atoms. The summed E-state index contributed by atoms with van der Waals surface area (Å²) in [5.41, 5.74) is 8.39. The summed E-state index contributed by atoms with van der Waals surface area (Å²) in [6.07, 6.45) is 1.03. The summed E-state index contributed by atoms with van der Waals surface area (Å²) in [5.74, 6) is 0. The Morgan fingerprint density at radius 2 is 1.86 bits per heavy atom. The molecule has 0 bridgehead atoms. The van der Waals surface area contributed by atoms with E-state index in [1.807, 2.05) is 18.2 Å². The van der Waals surface area contributed by atoms with Crippen molar-refractivity contribution in [2.24, 2.45) is 5.73 Å². The van der Waals surface area contributed by atoms with E-state index in [2.05, 4.69) is 48.2 Å². The van der Waals surface area contributed by atoms with E-state index in [0.29, 0.717) is 12.6 Å². The number of rotatable bonds is 7. The van der Waals surface area contributed by atoms with Crippen LogP contribution in [-0.2, 0) is 6.54 Å². The zero-order valence-electron chi connectivity index (χ0n) is 12.5. The minimum Gasteiger partial charge on any atom is -0.329 e. The third-order valence-corrected chi connectivity index (χ3v) is 3.94. The van der Waals surface area contributed by atoms with Crippen LogP contribution in [0.25, 0.3) is 0 Å². The quantitative estimate of drug-likeness (QED) is 0.828. The normalized spacial score (nSPS) is 12.6. The summed E-state index contributed by atoms with van der Waals surface area (Å²) >= 11 is 6.14. The molecule has 2 N–H and O–H groups in total. The Balaban J connectivity index is 2.22. The first-order chi connectivity index (χ1) is 10.2. The minimum atomic E-state index is 0.340. The van der Waals surface area contributed by atoms with E-state index in [1.165, 1.54) is 11.1 Å². The van der Waals surface area contributed by atoms with Crippen molar-refractivity contribution in [3.63, 3.8) is 0 Å². The van der Waals surface area contributed by atoms with Gasteiger partial charge in [0.1, 0.15) is 0 Å². The zero-order chi connectivity index (χ0) is 15.1. The van der Waals surface area contributed by atoms with Gasteiger partial charge in [0.05, 0.1) is 0 Å². The third-order valence-electron chi connectivity index (χ3n) is 3.71. The fourth-order valence-electron chi connectivity index (χ4n) is 2.75. The van der Waals surface area contributed by atoms with Crippen molar-refractivity contribution in [3.05, 3.63) is 70.7 Å². The molecule has 0 heterocycles. The lowest BCUT2D eigenvalue weighted by atomic mass is 10.0. The van der Waals surface area contributed by atoms with Gasteiger partial charge in [0.15, 0.2) is 0 Å². The molecule has 0 saturated carbocycles. The van der Waals surface area contributed by atoms with E-state index < -0.39 is 0 Å². The van der Waals surface area contributed by atoms with E-state index in [9.17, 15) is 0 Å². The van der Waals surface area contributed by atoms with Crippen LogP contribution in [0, 0.1) is 0 Å². The molecule has 2 nitrogen and oxygen atoms in total. The van der Waals surface area contributed by atoms with E-state index in [4.69, 9.17) is 17.3 Å². The average molecular weight is 303 g/mol. The highest BCUT2D eigenvalue weighted by Gasteiger charge is 2.18. The molecule has 0 amide bonds. The van der Waals surface area contributed by atoms with Gasteiger partial charge in [0, 0.05) is 30.7 Å². The minimum absolute atomic E-state index is 0.340. The highest BCUT2D eigenvalue weighted by Crippen LogP contribution is 2.27. The molecule has 0 saturated heterocycles. The maximum Gasteiger partial charge on any atom is 0.0409 e. The van der Waals surface area contributed by atoms with Gasteiger partial charge in [-0.2, -0.15) is 0 Å². The summed E-state index contributed by atoms with van der Waals surface area (Å²) in [5, 5.41) is 0.790. The van der Waals surface area contributed by atoms with Gasteiger partial charge in [-0.15, -0.1) is 0 Å². The number of hydrogen-bond donors (Lipinski definition) is 1. The van der Waals surface area contributed by atoms with Crippen molar-refractivity contribution >= 4 is 11.6 Å². The van der Waals surface area contributed by atoms with Crippen LogP contribution in [0.15, 0.2) is 54.6 Å². The molecule has 0 aromatic heterocycles. The Kier molecular flexibility index (Phi) is 6.24. The Morgan fingerprint density at radius 3 is 2.48 bits per heavy atom. The fraction of sp³-hybridized carbons (Fsp3) is 0.333. The molecule has 2 rings (SSSR count). The van der Waals surface area contributed by atoms with Crippen molar-refractivity contribution in [3.8, 4) is 0 Å². The van der Waals surface area contributed by atoms with Gasteiger partial charge >= 0.3 is 0 Å². The van der Waals surface area contributed by atoms with Crippen LogP contribution in [-0.4, -0.2) is 18.0 Å². The predicted octanol–water partition coefficient (Wildman–Crippen LogP) is 4.25. The highest BCUT2D eigenvalue weighted by atomic mass is 35.5. The number of hydrogen-bond acceptors (Lipinski definition) is 2. The lowest BCUT2D eigenvalue weighted by molar-refractivity contribution is 0.188. The molecule has 1 unspecified atom stereocenters. The van der Waals surface area contributed by atoms with Gasteiger partial charge in [-0.05, 0) is 29.7 Å². The molecular weight excluding hydrogens is 280 g/mol. The fourth-order valence-corrected chi connectivity index (χ4v) is 2.95. The van der Waals surface area contributed by atoms with Gasteiger partial charge < -0.3 is 5.73 Å². The van der Waals surface area contributed by atoms with Crippen molar-refractivity contribution in [1.82, 2.24) is 4.90 Å². The summed E-state index contributed by atoms with van der Waals surface area (Å²) in [6, 6.07) is 19.0. The lowest BCUT2D eigenvalue weighted by Crippen LogP contribution is -2.32. The second-order valence-corrected chi connectivity index (χ2v) is 5.66. The smallest absolute Gasteiger partial charge is 0.0409 e. The van der Waals surface area contributed by atoms with Crippen LogP contribution in [0.3, 0.4) is 0 Å². The molecule has 3 heteroatoms. The molecule has 1 atom stereocenters. The molecule has 0 fully saturated rings. The number of benzene rings is 2. The van der Waals surface area contributed by atoms with E-state index >= 15 is 0 Å². The molecule has 0 aliphatic rings. The summed E-state index contributed by atoms with van der Waals surface area (Å²) < 4.78 is 0. The second kappa shape index (κ2) is 8.18. The van der Waals surface area contributed by atoms with Crippen LogP contribution in [0.1, 0.15) is 30.5 Å². The Morgan fingerprint density at radius 1 is 1.10 bits per heavy atom. The monoisotopic (exact) mass is 302 g/mol. The average Bonchev–Trinajstić information content (AvgIpc) is 2.49. The first-order valence-electron chi connectivity index (χ1n) is 7.48. The number of halogens is 1. The predicted molar refractivity (Wildman–Crippen MR) is 90.4 cm³/mol. The van der Waals surface area contributed by atoms with Gasteiger partial charge in [0.25, 0.3) is 0 Å². The number of nitrogens with two attached hydrogens (primary N) is 1. The molecule has 2 aromatic carbocycles. The topological polar surface area (TPSA) is 29.3 Å². The van der Waals surface area contributed by atoms with E-state index in [1.54, 1.807) is 0 Å². The van der Waals surface area contributed by atoms with Crippen LogP contribution in [0.4, 0.5) is 0 Å². The molecule has 0 aliphatic carbocycles. The van der Waals surface area contributed by atoms with Crippen LogP contribution >= 0.6 is 11.6 Å². The van der Waals surface area contributed by atoms with Gasteiger partial charge in [0.2, 0.25) is 0 Å². The van der Waals surface area contributed by atoms with Gasteiger partial charge in [-0.1, -0.05) is 61.0 Å². The zero-order valence-corrected chi connectivity index (χ0v) is 13.3. The van der Waals surface area contributed by atoms with Crippen molar-refractivity contribution < 1.29 is 0 Å². The second-order valence-electron chi connectivity index (χ2n) is 5.22. The van der Waals surface area contributed by atoms with Crippen molar-refractivity contribution in [2.75, 3.05) is 13.1 Å². The Hall–Kier alpha value is -1.35. The van der Waals surface area contributed by atoms with E-state index in [-0.39, 0.29) is 0 Å². The SMILES string of the molecule is CCC(c1cccc(Cl)c1)N(CCN)Cc1ccccc1. The Bertz CT molecular complexity index is 542. The van der Waals surface area contributed by atoms with E-state index in [0.717, 1.165) is 24.5 Å². The van der Waals surface area contributed by atoms with Crippen molar-refractivity contribution in [2.45, 2.75) is 25.9 Å². The molecule has 0 aliphatic heterocycles. The summed E-state index contributed by atoms with van der Waals surface area (Å²) in [4.78, 5) is 2.43. The van der Waals surface area contributed by atoms with Crippen LogP contribution in [0.5, 0.6) is 0 Å². The maximum atomic E-state index is 6.14. The first kappa shape index (κ1) is 16.0. The molecular formula is C18H23ClN2. The Labute approximate surface area is 132 Å². The molecule has 112 valence electrons.